The third kappa shape index (κ3) is 2.84. The predicted molar refractivity (Wildman–Crippen MR) is 70.7 cm³/mol. The molecular formula is C12H10BrN3O2. The first-order valence-corrected chi connectivity index (χ1v) is 5.91. The average Bonchev–Trinajstić information content (AvgIpc) is 2.42. The van der Waals surface area contributed by atoms with Crippen LogP contribution in [0.15, 0.2) is 41.3 Å². The van der Waals surface area contributed by atoms with Crippen LogP contribution in [0.3, 0.4) is 0 Å². The number of rotatable bonds is 3. The quantitative estimate of drug-likeness (QED) is 0.946. The van der Waals surface area contributed by atoms with Gasteiger partial charge in [-0.05, 0) is 28.1 Å². The summed E-state index contributed by atoms with van der Waals surface area (Å²) in [5.41, 5.74) is 0.872. The lowest BCUT2D eigenvalue weighted by Crippen LogP contribution is -2.14. The normalized spacial score (nSPS) is 9.89. The highest BCUT2D eigenvalue weighted by Gasteiger charge is 2.10. The van der Waals surface area contributed by atoms with Gasteiger partial charge in [-0.3, -0.25) is 9.78 Å². The number of hydrogen-bond acceptors (Lipinski definition) is 4. The second-order valence-electron chi connectivity index (χ2n) is 3.39. The smallest absolute Gasteiger partial charge is 0.275 e. The molecule has 0 aliphatic heterocycles. The van der Waals surface area contributed by atoms with E-state index in [1.54, 1.807) is 25.3 Å². The Kier molecular flexibility index (Phi) is 3.88. The van der Waals surface area contributed by atoms with E-state index in [0.29, 0.717) is 11.4 Å². The minimum absolute atomic E-state index is 0.257. The van der Waals surface area contributed by atoms with Gasteiger partial charge in [0.25, 0.3) is 5.91 Å². The molecule has 0 saturated carbocycles. The molecule has 18 heavy (non-hydrogen) atoms. The van der Waals surface area contributed by atoms with Crippen molar-refractivity contribution in [1.29, 1.82) is 0 Å². The minimum atomic E-state index is -0.322. The Labute approximate surface area is 112 Å². The van der Waals surface area contributed by atoms with Crippen LogP contribution in [0, 0.1) is 0 Å². The monoisotopic (exact) mass is 307 g/mol. The molecule has 1 amide bonds. The van der Waals surface area contributed by atoms with Crippen molar-refractivity contribution in [2.75, 3.05) is 12.4 Å². The Morgan fingerprint density at radius 3 is 2.89 bits per heavy atom. The van der Waals surface area contributed by atoms with Crippen LogP contribution in [0.5, 0.6) is 5.75 Å². The molecular weight excluding hydrogens is 298 g/mol. The molecule has 5 nitrogen and oxygen atoms in total. The first kappa shape index (κ1) is 12.5. The van der Waals surface area contributed by atoms with Crippen LogP contribution >= 0.6 is 15.9 Å². The molecule has 6 heteroatoms. The van der Waals surface area contributed by atoms with Crippen LogP contribution in [0.25, 0.3) is 0 Å². The Morgan fingerprint density at radius 2 is 2.22 bits per heavy atom. The van der Waals surface area contributed by atoms with Gasteiger partial charge in [-0.1, -0.05) is 0 Å². The summed E-state index contributed by atoms with van der Waals surface area (Å²) in [6.45, 7) is 0. The molecule has 0 fully saturated rings. The van der Waals surface area contributed by atoms with E-state index in [9.17, 15) is 4.79 Å². The van der Waals surface area contributed by atoms with Crippen molar-refractivity contribution in [3.8, 4) is 5.75 Å². The SMILES string of the molecule is COc1ccc(Br)c(NC(=O)c2cnccn2)c1. The molecule has 1 aromatic heterocycles. The van der Waals surface area contributed by atoms with Gasteiger partial charge in [0.2, 0.25) is 0 Å². The summed E-state index contributed by atoms with van der Waals surface area (Å²) in [4.78, 5) is 19.7. The summed E-state index contributed by atoms with van der Waals surface area (Å²) < 4.78 is 5.86. The maximum atomic E-state index is 11.9. The van der Waals surface area contributed by atoms with Crippen molar-refractivity contribution < 1.29 is 9.53 Å². The second kappa shape index (κ2) is 5.59. The standard InChI is InChI=1S/C12H10BrN3O2/c1-18-8-2-3-9(13)10(6-8)16-12(17)11-7-14-4-5-15-11/h2-7H,1H3,(H,16,17). The van der Waals surface area contributed by atoms with Gasteiger partial charge in [-0.15, -0.1) is 0 Å². The topological polar surface area (TPSA) is 64.1 Å². The van der Waals surface area contributed by atoms with Crippen LogP contribution < -0.4 is 10.1 Å². The third-order valence-corrected chi connectivity index (χ3v) is 2.91. The van der Waals surface area contributed by atoms with Crippen molar-refractivity contribution in [3.63, 3.8) is 0 Å². The van der Waals surface area contributed by atoms with Gasteiger partial charge in [-0.25, -0.2) is 4.98 Å². The maximum Gasteiger partial charge on any atom is 0.275 e. The van der Waals surface area contributed by atoms with E-state index in [2.05, 4.69) is 31.2 Å². The number of halogens is 1. The molecule has 1 heterocycles. The number of nitrogens with zero attached hydrogens (tertiary/aromatic N) is 2. The first-order valence-electron chi connectivity index (χ1n) is 5.11. The molecule has 2 aromatic rings. The van der Waals surface area contributed by atoms with Crippen molar-refractivity contribution in [2.24, 2.45) is 0 Å². The van der Waals surface area contributed by atoms with E-state index in [1.165, 1.54) is 18.6 Å². The number of carbonyl (C=O) groups is 1. The van der Waals surface area contributed by atoms with Gasteiger partial charge in [0, 0.05) is 22.9 Å². The van der Waals surface area contributed by atoms with Crippen molar-refractivity contribution in [1.82, 2.24) is 9.97 Å². The zero-order valence-electron chi connectivity index (χ0n) is 9.55. The predicted octanol–water partition coefficient (Wildman–Crippen LogP) is 2.50. The zero-order valence-corrected chi connectivity index (χ0v) is 11.1. The third-order valence-electron chi connectivity index (χ3n) is 2.22. The number of carbonyl (C=O) groups excluding carboxylic acids is 1. The number of methoxy groups -OCH3 is 1. The number of benzene rings is 1. The van der Waals surface area contributed by atoms with Crippen LogP contribution in [-0.2, 0) is 0 Å². The van der Waals surface area contributed by atoms with E-state index in [-0.39, 0.29) is 11.6 Å². The Morgan fingerprint density at radius 1 is 1.39 bits per heavy atom. The number of anilines is 1. The fourth-order valence-electron chi connectivity index (χ4n) is 1.33. The molecule has 0 spiro atoms. The molecule has 0 saturated heterocycles. The molecule has 0 atom stereocenters. The summed E-state index contributed by atoms with van der Waals surface area (Å²) in [5.74, 6) is 0.338. The van der Waals surface area contributed by atoms with Crippen molar-refractivity contribution in [2.45, 2.75) is 0 Å². The lowest BCUT2D eigenvalue weighted by Gasteiger charge is -2.08. The Balaban J connectivity index is 2.21. The van der Waals surface area contributed by atoms with Gasteiger partial charge in [0.15, 0.2) is 0 Å². The molecule has 0 unspecified atom stereocenters. The molecule has 0 bridgehead atoms. The number of aromatic nitrogens is 2. The van der Waals surface area contributed by atoms with Crippen molar-refractivity contribution in [3.05, 3.63) is 47.0 Å². The van der Waals surface area contributed by atoms with Crippen molar-refractivity contribution >= 4 is 27.5 Å². The lowest BCUT2D eigenvalue weighted by atomic mass is 10.3. The fourth-order valence-corrected chi connectivity index (χ4v) is 1.68. The highest BCUT2D eigenvalue weighted by atomic mass is 79.9. The summed E-state index contributed by atoms with van der Waals surface area (Å²) >= 11 is 3.35. The summed E-state index contributed by atoms with van der Waals surface area (Å²) in [6, 6.07) is 5.31. The molecule has 0 aliphatic carbocycles. The average molecular weight is 308 g/mol. The highest BCUT2D eigenvalue weighted by molar-refractivity contribution is 9.10. The first-order chi connectivity index (χ1) is 8.70. The summed E-state index contributed by atoms with van der Waals surface area (Å²) in [6.07, 6.45) is 4.39. The summed E-state index contributed by atoms with van der Waals surface area (Å²) in [5, 5.41) is 2.73. The molecule has 1 aromatic carbocycles. The molecule has 92 valence electrons. The number of ether oxygens (including phenoxy) is 1. The second-order valence-corrected chi connectivity index (χ2v) is 4.24. The van der Waals surface area contributed by atoms with Gasteiger partial charge in [-0.2, -0.15) is 0 Å². The fraction of sp³-hybridized carbons (Fsp3) is 0.0833. The minimum Gasteiger partial charge on any atom is -0.497 e. The van der Waals surface area contributed by atoms with Gasteiger partial charge in [0.1, 0.15) is 11.4 Å². The Bertz CT molecular complexity index is 561. The number of hydrogen-bond donors (Lipinski definition) is 1. The van der Waals surface area contributed by atoms with Crippen LogP contribution in [-0.4, -0.2) is 23.0 Å². The van der Waals surface area contributed by atoms with E-state index in [0.717, 1.165) is 4.47 Å². The molecule has 0 radical (unpaired) electrons. The number of amides is 1. The zero-order chi connectivity index (χ0) is 13.0. The van der Waals surface area contributed by atoms with E-state index >= 15 is 0 Å². The Hall–Kier alpha value is -1.95. The molecule has 1 N–H and O–H groups in total. The van der Waals surface area contributed by atoms with Crippen LogP contribution in [0.2, 0.25) is 0 Å². The van der Waals surface area contributed by atoms with E-state index < -0.39 is 0 Å². The van der Waals surface area contributed by atoms with Crippen LogP contribution in [0.1, 0.15) is 10.5 Å². The van der Waals surface area contributed by atoms with Gasteiger partial charge >= 0.3 is 0 Å². The number of nitrogens with one attached hydrogen (secondary N) is 1. The maximum absolute atomic E-state index is 11.9. The lowest BCUT2D eigenvalue weighted by molar-refractivity contribution is 0.102. The largest absolute Gasteiger partial charge is 0.497 e. The van der Waals surface area contributed by atoms with Gasteiger partial charge < -0.3 is 10.1 Å². The van der Waals surface area contributed by atoms with Crippen LogP contribution in [0.4, 0.5) is 5.69 Å². The van der Waals surface area contributed by atoms with E-state index in [1.807, 2.05) is 0 Å². The molecule has 2 rings (SSSR count). The highest BCUT2D eigenvalue weighted by Crippen LogP contribution is 2.27. The summed E-state index contributed by atoms with van der Waals surface area (Å²) in [7, 11) is 1.57. The molecule has 0 aliphatic rings. The van der Waals surface area contributed by atoms with Gasteiger partial charge in [0.05, 0.1) is 19.0 Å². The van der Waals surface area contributed by atoms with E-state index in [4.69, 9.17) is 4.74 Å².